The third-order valence-electron chi connectivity index (χ3n) is 3.19. The van der Waals surface area contributed by atoms with Crippen LogP contribution in [-0.4, -0.2) is 18.7 Å². The molecule has 2 rings (SSSR count). The summed E-state index contributed by atoms with van der Waals surface area (Å²) in [7, 11) is 0. The van der Waals surface area contributed by atoms with Crippen LogP contribution in [0.15, 0.2) is 46.0 Å². The van der Waals surface area contributed by atoms with Gasteiger partial charge in [-0.15, -0.1) is 0 Å². The smallest absolute Gasteiger partial charge is 0.277 e. The number of amides is 1. The van der Waals surface area contributed by atoms with Gasteiger partial charge in [-0.25, -0.2) is 9.82 Å². The number of hydrogen-bond acceptors (Lipinski definition) is 3. The summed E-state index contributed by atoms with van der Waals surface area (Å²) in [4.78, 5) is 11.7. The number of hydrazone groups is 1. The highest BCUT2D eigenvalue weighted by atomic mass is 79.9. The van der Waals surface area contributed by atoms with E-state index >= 15 is 0 Å². The third kappa shape index (κ3) is 5.17. The van der Waals surface area contributed by atoms with E-state index in [1.165, 1.54) is 12.3 Å². The first kappa shape index (κ1) is 17.1. The molecular weight excluding hydrogens is 363 g/mol. The van der Waals surface area contributed by atoms with Gasteiger partial charge >= 0.3 is 0 Å². The Hall–Kier alpha value is -2.21. The van der Waals surface area contributed by atoms with Gasteiger partial charge in [-0.2, -0.15) is 5.10 Å². The Morgan fingerprint density at radius 3 is 2.74 bits per heavy atom. The monoisotopic (exact) mass is 378 g/mol. The predicted molar refractivity (Wildman–Crippen MR) is 91.2 cm³/mol. The molecule has 0 radical (unpaired) electrons. The Labute approximate surface area is 142 Å². The number of carbonyl (C=O) groups is 1. The maximum absolute atomic E-state index is 13.1. The number of nitrogens with zero attached hydrogens (tertiary/aromatic N) is 1. The van der Waals surface area contributed by atoms with Gasteiger partial charge in [-0.05, 0) is 70.7 Å². The summed E-state index contributed by atoms with van der Waals surface area (Å²) in [6.45, 7) is 3.86. The van der Waals surface area contributed by atoms with E-state index in [1.54, 1.807) is 12.1 Å². The number of carbonyl (C=O) groups excluding carboxylic acids is 1. The van der Waals surface area contributed by atoms with Crippen molar-refractivity contribution in [2.45, 2.75) is 13.8 Å². The highest BCUT2D eigenvalue weighted by molar-refractivity contribution is 9.10. The molecule has 0 aliphatic carbocycles. The summed E-state index contributed by atoms with van der Waals surface area (Å²) in [6.07, 6.45) is 1.43. The zero-order valence-corrected chi connectivity index (χ0v) is 14.4. The molecular formula is C17H16BrFN2O2. The van der Waals surface area contributed by atoms with Crippen molar-refractivity contribution in [1.82, 2.24) is 5.43 Å². The van der Waals surface area contributed by atoms with E-state index in [9.17, 15) is 9.18 Å². The van der Waals surface area contributed by atoms with Crippen LogP contribution in [0, 0.1) is 19.7 Å². The van der Waals surface area contributed by atoms with Crippen molar-refractivity contribution >= 4 is 28.1 Å². The maximum atomic E-state index is 13.1. The molecule has 6 heteroatoms. The van der Waals surface area contributed by atoms with Crippen LogP contribution in [0.3, 0.4) is 0 Å². The minimum Gasteiger partial charge on any atom is -0.484 e. The van der Waals surface area contributed by atoms with Crippen LogP contribution < -0.4 is 10.2 Å². The molecule has 1 amide bonds. The highest BCUT2D eigenvalue weighted by Gasteiger charge is 2.03. The Balaban J connectivity index is 1.83. The Kier molecular flexibility index (Phi) is 5.87. The molecule has 2 aromatic rings. The second-order valence-corrected chi connectivity index (χ2v) is 5.86. The fourth-order valence-corrected chi connectivity index (χ4v) is 2.15. The normalized spacial score (nSPS) is 10.8. The Morgan fingerprint density at radius 2 is 2.04 bits per heavy atom. The summed E-state index contributed by atoms with van der Waals surface area (Å²) in [5.74, 6) is -0.0941. The zero-order valence-electron chi connectivity index (χ0n) is 12.8. The highest BCUT2D eigenvalue weighted by Crippen LogP contribution is 2.16. The topological polar surface area (TPSA) is 50.7 Å². The lowest BCUT2D eigenvalue weighted by Gasteiger charge is -2.07. The van der Waals surface area contributed by atoms with E-state index < -0.39 is 0 Å². The van der Waals surface area contributed by atoms with Gasteiger partial charge in [0, 0.05) is 0 Å². The summed E-state index contributed by atoms with van der Waals surface area (Å²) in [5.41, 5.74) is 5.28. The van der Waals surface area contributed by atoms with Crippen molar-refractivity contribution in [2.75, 3.05) is 6.61 Å². The van der Waals surface area contributed by atoms with Crippen LogP contribution in [-0.2, 0) is 4.79 Å². The van der Waals surface area contributed by atoms with Crippen LogP contribution in [0.2, 0.25) is 0 Å². The summed E-state index contributed by atoms with van der Waals surface area (Å²) >= 11 is 3.08. The molecule has 0 atom stereocenters. The third-order valence-corrected chi connectivity index (χ3v) is 3.80. The average Bonchev–Trinajstić information content (AvgIpc) is 2.52. The average molecular weight is 379 g/mol. The molecule has 0 fully saturated rings. The van der Waals surface area contributed by atoms with Gasteiger partial charge in [0.25, 0.3) is 5.91 Å². The quantitative estimate of drug-likeness (QED) is 0.636. The fraction of sp³-hybridized carbons (Fsp3) is 0.176. The summed E-state index contributed by atoms with van der Waals surface area (Å²) < 4.78 is 18.8. The number of halogens is 2. The molecule has 0 saturated carbocycles. The van der Waals surface area contributed by atoms with Crippen molar-refractivity contribution in [3.05, 3.63) is 63.4 Å². The number of benzene rings is 2. The van der Waals surface area contributed by atoms with E-state index in [1.807, 2.05) is 32.0 Å². The molecule has 0 aliphatic heterocycles. The van der Waals surface area contributed by atoms with E-state index in [2.05, 4.69) is 26.5 Å². The molecule has 0 bridgehead atoms. The van der Waals surface area contributed by atoms with Crippen molar-refractivity contribution in [3.8, 4) is 5.75 Å². The van der Waals surface area contributed by atoms with Crippen LogP contribution in [0.4, 0.5) is 4.39 Å². The zero-order chi connectivity index (χ0) is 16.8. The van der Waals surface area contributed by atoms with Gasteiger partial charge < -0.3 is 4.74 Å². The van der Waals surface area contributed by atoms with E-state index in [0.717, 1.165) is 11.1 Å². The number of nitrogens with one attached hydrogen (secondary N) is 1. The first-order valence-electron chi connectivity index (χ1n) is 6.92. The molecule has 1 N–H and O–H groups in total. The largest absolute Gasteiger partial charge is 0.484 e. The minimum absolute atomic E-state index is 0.132. The first-order valence-corrected chi connectivity index (χ1v) is 7.72. The number of hydrogen-bond donors (Lipinski definition) is 1. The van der Waals surface area contributed by atoms with Crippen molar-refractivity contribution in [3.63, 3.8) is 0 Å². The predicted octanol–water partition coefficient (Wildman–Crippen LogP) is 3.73. The second kappa shape index (κ2) is 7.87. The molecule has 0 spiro atoms. The fourth-order valence-electron chi connectivity index (χ4n) is 1.76. The SMILES string of the molecule is Cc1ccc(OCC(=O)N/N=C\c2ccc(F)c(Br)c2)cc1C. The Bertz CT molecular complexity index is 747. The van der Waals surface area contributed by atoms with Crippen molar-refractivity contribution in [2.24, 2.45) is 5.10 Å². The summed E-state index contributed by atoms with van der Waals surface area (Å²) in [6, 6.07) is 10.1. The van der Waals surface area contributed by atoms with Crippen LogP contribution in [0.25, 0.3) is 0 Å². The number of ether oxygens (including phenoxy) is 1. The number of rotatable bonds is 5. The van der Waals surface area contributed by atoms with E-state index in [-0.39, 0.29) is 18.3 Å². The lowest BCUT2D eigenvalue weighted by Crippen LogP contribution is -2.24. The number of aryl methyl sites for hydroxylation is 2. The van der Waals surface area contributed by atoms with Crippen LogP contribution in [0.5, 0.6) is 5.75 Å². The lowest BCUT2D eigenvalue weighted by atomic mass is 10.1. The van der Waals surface area contributed by atoms with Crippen molar-refractivity contribution in [1.29, 1.82) is 0 Å². The molecule has 0 aliphatic rings. The van der Waals surface area contributed by atoms with Gasteiger partial charge in [-0.1, -0.05) is 12.1 Å². The molecule has 0 heterocycles. The van der Waals surface area contributed by atoms with Gasteiger partial charge in [0.05, 0.1) is 10.7 Å². The molecule has 120 valence electrons. The lowest BCUT2D eigenvalue weighted by molar-refractivity contribution is -0.123. The molecule has 0 saturated heterocycles. The molecule has 4 nitrogen and oxygen atoms in total. The van der Waals surface area contributed by atoms with E-state index in [4.69, 9.17) is 4.74 Å². The maximum Gasteiger partial charge on any atom is 0.277 e. The van der Waals surface area contributed by atoms with Gasteiger partial charge in [0.15, 0.2) is 6.61 Å². The van der Waals surface area contributed by atoms with Gasteiger partial charge in [0.2, 0.25) is 0 Å². The molecule has 0 aromatic heterocycles. The standard InChI is InChI=1S/C17H16BrFN2O2/c1-11-3-5-14(7-12(11)2)23-10-17(22)21-20-9-13-4-6-16(19)15(18)8-13/h3-9H,10H2,1-2H3,(H,21,22)/b20-9-. The van der Waals surface area contributed by atoms with Crippen LogP contribution >= 0.6 is 15.9 Å². The molecule has 23 heavy (non-hydrogen) atoms. The second-order valence-electron chi connectivity index (χ2n) is 5.00. The van der Waals surface area contributed by atoms with Gasteiger partial charge in [0.1, 0.15) is 11.6 Å². The van der Waals surface area contributed by atoms with Crippen LogP contribution in [0.1, 0.15) is 16.7 Å². The molecule has 2 aromatic carbocycles. The van der Waals surface area contributed by atoms with Gasteiger partial charge in [-0.3, -0.25) is 4.79 Å². The first-order chi connectivity index (χ1) is 11.0. The molecule has 0 unspecified atom stereocenters. The van der Waals surface area contributed by atoms with Crippen molar-refractivity contribution < 1.29 is 13.9 Å². The Morgan fingerprint density at radius 1 is 1.26 bits per heavy atom. The van der Waals surface area contributed by atoms with E-state index in [0.29, 0.717) is 15.8 Å². The summed E-state index contributed by atoms with van der Waals surface area (Å²) in [5, 5.41) is 3.81. The minimum atomic E-state index is -0.374.